The number of fused-ring (bicyclic) bond motifs is 3. The number of carbonyl (C=O) groups is 3. The summed E-state index contributed by atoms with van der Waals surface area (Å²) in [5.74, 6) is -1.38. The van der Waals surface area contributed by atoms with Gasteiger partial charge in [0.15, 0.2) is 6.04 Å². The molecule has 0 bridgehead atoms. The predicted octanol–water partition coefficient (Wildman–Crippen LogP) is 6.04. The summed E-state index contributed by atoms with van der Waals surface area (Å²) in [6.07, 6.45) is 3.32. The van der Waals surface area contributed by atoms with Crippen LogP contribution in [-0.4, -0.2) is 48.4 Å². The Morgan fingerprint density at radius 3 is 2.07 bits per heavy atom. The Labute approximate surface area is 247 Å². The second-order valence-electron chi connectivity index (χ2n) is 10.7. The first-order valence-corrected chi connectivity index (χ1v) is 14.7. The first-order valence-electron chi connectivity index (χ1n) is 14.7. The van der Waals surface area contributed by atoms with Crippen LogP contribution in [0.2, 0.25) is 0 Å². The average Bonchev–Trinajstić information content (AvgIpc) is 3.32. The maximum Gasteiger partial charge on any atom is 0.407 e. The number of alkyl carbamates (subject to hydrolysis) is 1. The molecular formula is C34H40N2O6. The fraction of sp³-hybridized carbons (Fsp3) is 0.382. The zero-order valence-electron chi connectivity index (χ0n) is 24.1. The van der Waals surface area contributed by atoms with Crippen molar-refractivity contribution in [3.05, 3.63) is 95.6 Å². The summed E-state index contributed by atoms with van der Waals surface area (Å²) in [5.41, 5.74) is 5.70. The highest BCUT2D eigenvalue weighted by atomic mass is 16.5. The van der Waals surface area contributed by atoms with E-state index in [0.29, 0.717) is 19.6 Å². The topological polar surface area (TPSA) is 114 Å². The van der Waals surface area contributed by atoms with Crippen LogP contribution in [0.4, 0.5) is 4.79 Å². The number of benzene rings is 3. The van der Waals surface area contributed by atoms with E-state index in [2.05, 4.69) is 34.9 Å². The number of carboxylic acids is 1. The zero-order chi connectivity index (χ0) is 29.7. The van der Waals surface area contributed by atoms with E-state index >= 15 is 0 Å². The van der Waals surface area contributed by atoms with Gasteiger partial charge in [-0.05, 0) is 47.6 Å². The van der Waals surface area contributed by atoms with E-state index in [1.54, 1.807) is 6.92 Å². The SMILES string of the molecule is C[C@@H](OCc1ccccc1)[C@H](NC(=O)CCCCCCCNC(=O)OCC1c2ccccc2-c2ccccc21)C(=O)O. The summed E-state index contributed by atoms with van der Waals surface area (Å²) in [7, 11) is 0. The summed E-state index contributed by atoms with van der Waals surface area (Å²) < 4.78 is 11.3. The molecule has 42 heavy (non-hydrogen) atoms. The van der Waals surface area contributed by atoms with Crippen molar-refractivity contribution in [1.82, 2.24) is 10.6 Å². The first-order chi connectivity index (χ1) is 20.4. The van der Waals surface area contributed by atoms with Gasteiger partial charge < -0.3 is 25.2 Å². The van der Waals surface area contributed by atoms with Crippen LogP contribution in [0.25, 0.3) is 11.1 Å². The number of carboxylic acid groups (broad SMARTS) is 1. The van der Waals surface area contributed by atoms with E-state index in [9.17, 15) is 19.5 Å². The van der Waals surface area contributed by atoms with Gasteiger partial charge in [0.1, 0.15) is 6.61 Å². The van der Waals surface area contributed by atoms with Gasteiger partial charge in [0.05, 0.1) is 12.7 Å². The van der Waals surface area contributed by atoms with Crippen LogP contribution in [0.15, 0.2) is 78.9 Å². The number of aliphatic carboxylic acids is 1. The minimum atomic E-state index is -1.12. The molecule has 0 heterocycles. The molecule has 3 aromatic carbocycles. The molecule has 8 heteroatoms. The number of hydrogen-bond acceptors (Lipinski definition) is 5. The highest BCUT2D eigenvalue weighted by Gasteiger charge is 2.29. The van der Waals surface area contributed by atoms with E-state index in [1.165, 1.54) is 22.3 Å². The average molecular weight is 573 g/mol. The fourth-order valence-electron chi connectivity index (χ4n) is 5.30. The molecule has 8 nitrogen and oxygen atoms in total. The molecule has 1 aliphatic rings. The monoisotopic (exact) mass is 572 g/mol. The van der Waals surface area contributed by atoms with Crippen molar-refractivity contribution in [2.75, 3.05) is 13.2 Å². The maximum atomic E-state index is 12.3. The second kappa shape index (κ2) is 15.7. The molecule has 3 aromatic rings. The smallest absolute Gasteiger partial charge is 0.407 e. The van der Waals surface area contributed by atoms with Crippen LogP contribution in [0.5, 0.6) is 0 Å². The maximum absolute atomic E-state index is 12.3. The summed E-state index contributed by atoms with van der Waals surface area (Å²) in [6, 6.07) is 24.9. The number of rotatable bonds is 16. The van der Waals surface area contributed by atoms with Crippen LogP contribution in [-0.2, 0) is 25.7 Å². The Hall–Kier alpha value is -4.17. The normalized spacial score (nSPS) is 13.5. The second-order valence-corrected chi connectivity index (χ2v) is 10.7. The van der Waals surface area contributed by atoms with Crippen molar-refractivity contribution in [2.45, 2.75) is 70.1 Å². The Kier molecular flexibility index (Phi) is 11.5. The quantitative estimate of drug-likeness (QED) is 0.180. The van der Waals surface area contributed by atoms with Gasteiger partial charge in [-0.3, -0.25) is 4.79 Å². The third-order valence-corrected chi connectivity index (χ3v) is 7.60. The molecule has 0 unspecified atom stereocenters. The Bertz CT molecular complexity index is 1280. The van der Waals surface area contributed by atoms with Crippen molar-refractivity contribution >= 4 is 18.0 Å². The number of hydrogen-bond donors (Lipinski definition) is 3. The zero-order valence-corrected chi connectivity index (χ0v) is 24.1. The summed E-state index contributed by atoms with van der Waals surface area (Å²) in [6.45, 7) is 2.75. The molecule has 0 spiro atoms. The summed E-state index contributed by atoms with van der Waals surface area (Å²) in [5, 5.41) is 15.0. The van der Waals surface area contributed by atoms with E-state index in [1.807, 2.05) is 54.6 Å². The standard InChI is InChI=1S/C34H40N2O6/c1-24(41-22-25-14-6-5-7-15-25)32(33(38)39)36-31(37)20-8-3-2-4-13-21-35-34(40)42-23-30-28-18-11-9-16-26(28)27-17-10-12-19-29(27)30/h5-7,9-12,14-19,24,30,32H,2-4,8,13,20-23H2,1H3,(H,35,40)(H,36,37)(H,38,39)/t24-,32+/m1/s1. The fourth-order valence-corrected chi connectivity index (χ4v) is 5.30. The molecule has 3 N–H and O–H groups in total. The molecule has 222 valence electrons. The lowest BCUT2D eigenvalue weighted by atomic mass is 9.98. The summed E-state index contributed by atoms with van der Waals surface area (Å²) >= 11 is 0. The third-order valence-electron chi connectivity index (χ3n) is 7.60. The molecule has 1 aliphatic carbocycles. The van der Waals surface area contributed by atoms with Gasteiger partial charge in [0, 0.05) is 18.9 Å². The van der Waals surface area contributed by atoms with Gasteiger partial charge in [0.2, 0.25) is 5.91 Å². The molecule has 4 rings (SSSR count). The van der Waals surface area contributed by atoms with Crippen molar-refractivity contribution in [3.63, 3.8) is 0 Å². The van der Waals surface area contributed by atoms with E-state index in [0.717, 1.165) is 31.2 Å². The minimum Gasteiger partial charge on any atom is -0.480 e. The lowest BCUT2D eigenvalue weighted by molar-refractivity contribution is -0.146. The molecule has 0 aliphatic heterocycles. The van der Waals surface area contributed by atoms with Crippen LogP contribution in [0.3, 0.4) is 0 Å². The van der Waals surface area contributed by atoms with Crippen molar-refractivity contribution in [3.8, 4) is 11.1 Å². The molecule has 2 atom stereocenters. The number of carbonyl (C=O) groups excluding carboxylic acids is 2. The highest BCUT2D eigenvalue weighted by molar-refractivity contribution is 5.84. The number of amides is 2. The van der Waals surface area contributed by atoms with Crippen molar-refractivity contribution < 1.29 is 29.0 Å². The van der Waals surface area contributed by atoms with Crippen LogP contribution in [0, 0.1) is 0 Å². The summed E-state index contributed by atoms with van der Waals surface area (Å²) in [4.78, 5) is 36.3. The van der Waals surface area contributed by atoms with E-state index < -0.39 is 24.2 Å². The van der Waals surface area contributed by atoms with Crippen LogP contribution in [0.1, 0.15) is 68.1 Å². The molecule has 0 saturated heterocycles. The lowest BCUT2D eigenvalue weighted by Gasteiger charge is -2.22. The van der Waals surface area contributed by atoms with Gasteiger partial charge >= 0.3 is 12.1 Å². The molecule has 0 fully saturated rings. The Morgan fingerprint density at radius 1 is 0.810 bits per heavy atom. The molecule has 2 amide bonds. The van der Waals surface area contributed by atoms with Crippen LogP contribution < -0.4 is 10.6 Å². The van der Waals surface area contributed by atoms with Crippen molar-refractivity contribution in [2.24, 2.45) is 0 Å². The highest BCUT2D eigenvalue weighted by Crippen LogP contribution is 2.44. The lowest BCUT2D eigenvalue weighted by Crippen LogP contribution is -2.48. The third kappa shape index (κ3) is 8.66. The molecule has 0 radical (unpaired) electrons. The van der Waals surface area contributed by atoms with Gasteiger partial charge in [-0.15, -0.1) is 0 Å². The van der Waals surface area contributed by atoms with Gasteiger partial charge in [-0.1, -0.05) is 98.1 Å². The number of nitrogens with one attached hydrogen (secondary N) is 2. The molecule has 0 saturated carbocycles. The van der Waals surface area contributed by atoms with Gasteiger partial charge in [0.25, 0.3) is 0 Å². The van der Waals surface area contributed by atoms with Crippen molar-refractivity contribution in [1.29, 1.82) is 0 Å². The minimum absolute atomic E-state index is 0.0381. The van der Waals surface area contributed by atoms with E-state index in [4.69, 9.17) is 9.47 Å². The largest absolute Gasteiger partial charge is 0.480 e. The van der Waals surface area contributed by atoms with Crippen LogP contribution >= 0.6 is 0 Å². The van der Waals surface area contributed by atoms with Gasteiger partial charge in [-0.2, -0.15) is 0 Å². The first kappa shape index (κ1) is 30.8. The molecule has 0 aromatic heterocycles. The Balaban J connectivity index is 1.05. The Morgan fingerprint density at radius 2 is 1.40 bits per heavy atom. The van der Waals surface area contributed by atoms with Gasteiger partial charge in [-0.25, -0.2) is 9.59 Å². The number of unbranched alkanes of at least 4 members (excludes halogenated alkanes) is 4. The van der Waals surface area contributed by atoms with E-state index in [-0.39, 0.29) is 24.9 Å². The molecular weight excluding hydrogens is 532 g/mol. The predicted molar refractivity (Wildman–Crippen MR) is 161 cm³/mol. The number of ether oxygens (including phenoxy) is 2.